The summed E-state index contributed by atoms with van der Waals surface area (Å²) < 4.78 is 0. The molecule has 1 atom stereocenters. The van der Waals surface area contributed by atoms with Gasteiger partial charge in [-0.1, -0.05) is 26.2 Å². The molecule has 0 radical (unpaired) electrons. The monoisotopic (exact) mass is 185 g/mol. The van der Waals surface area contributed by atoms with E-state index in [2.05, 4.69) is 12.2 Å². The first-order valence-corrected chi connectivity index (χ1v) is 5.23. The fraction of sp³-hybridized carbons (Fsp3) is 0.900. The fourth-order valence-electron chi connectivity index (χ4n) is 1.55. The number of carbonyl (C=O) groups is 1. The summed E-state index contributed by atoms with van der Waals surface area (Å²) >= 11 is 0. The van der Waals surface area contributed by atoms with Crippen molar-refractivity contribution in [2.45, 2.75) is 57.5 Å². The van der Waals surface area contributed by atoms with E-state index in [1.165, 1.54) is 6.42 Å². The molecule has 3 nitrogen and oxygen atoms in total. The Bertz CT molecular complexity index is 166. The van der Waals surface area contributed by atoms with Gasteiger partial charge in [0.15, 0.2) is 0 Å². The van der Waals surface area contributed by atoms with Crippen molar-refractivity contribution >= 4 is 5.97 Å². The first-order chi connectivity index (χ1) is 6.24. The van der Waals surface area contributed by atoms with Gasteiger partial charge in [0.2, 0.25) is 0 Å². The SMILES string of the molecule is CCCCC(NC1CCC1)C(=O)O. The summed E-state index contributed by atoms with van der Waals surface area (Å²) in [6, 6.07) is 0.156. The lowest BCUT2D eigenvalue weighted by atomic mass is 9.92. The van der Waals surface area contributed by atoms with Crippen LogP contribution < -0.4 is 5.32 Å². The van der Waals surface area contributed by atoms with Crippen LogP contribution in [-0.4, -0.2) is 23.2 Å². The molecule has 0 aromatic heterocycles. The van der Waals surface area contributed by atoms with E-state index in [4.69, 9.17) is 5.11 Å². The lowest BCUT2D eigenvalue weighted by molar-refractivity contribution is -0.140. The third-order valence-corrected chi connectivity index (χ3v) is 2.69. The number of carboxylic acids is 1. The Morgan fingerprint density at radius 3 is 2.69 bits per heavy atom. The zero-order valence-corrected chi connectivity index (χ0v) is 8.25. The Morgan fingerprint density at radius 2 is 2.31 bits per heavy atom. The molecule has 0 saturated heterocycles. The number of rotatable bonds is 6. The molecule has 3 heteroatoms. The van der Waals surface area contributed by atoms with E-state index >= 15 is 0 Å². The van der Waals surface area contributed by atoms with Crippen LogP contribution >= 0.6 is 0 Å². The first kappa shape index (κ1) is 10.5. The molecule has 13 heavy (non-hydrogen) atoms. The second-order valence-corrected chi connectivity index (χ2v) is 3.83. The van der Waals surface area contributed by atoms with E-state index in [9.17, 15) is 4.79 Å². The fourth-order valence-corrected chi connectivity index (χ4v) is 1.55. The van der Waals surface area contributed by atoms with Crippen LogP contribution in [0, 0.1) is 0 Å². The van der Waals surface area contributed by atoms with E-state index in [1.807, 2.05) is 0 Å². The first-order valence-electron chi connectivity index (χ1n) is 5.23. The van der Waals surface area contributed by atoms with Crippen molar-refractivity contribution in [3.63, 3.8) is 0 Å². The highest BCUT2D eigenvalue weighted by Gasteiger charge is 2.24. The average molecular weight is 185 g/mol. The van der Waals surface area contributed by atoms with Crippen molar-refractivity contribution in [1.82, 2.24) is 5.32 Å². The molecule has 2 N–H and O–H groups in total. The maximum Gasteiger partial charge on any atom is 0.320 e. The van der Waals surface area contributed by atoms with Crippen molar-refractivity contribution in [3.8, 4) is 0 Å². The molecule has 1 unspecified atom stereocenters. The van der Waals surface area contributed by atoms with Crippen molar-refractivity contribution in [2.24, 2.45) is 0 Å². The van der Waals surface area contributed by atoms with Gasteiger partial charge in [0.25, 0.3) is 0 Å². The summed E-state index contributed by atoms with van der Waals surface area (Å²) in [6.07, 6.45) is 6.37. The molecule has 0 aromatic carbocycles. The summed E-state index contributed by atoms with van der Waals surface area (Å²) in [7, 11) is 0. The van der Waals surface area contributed by atoms with Crippen LogP contribution in [0.3, 0.4) is 0 Å². The highest BCUT2D eigenvalue weighted by molar-refractivity contribution is 5.73. The molecular formula is C10H19NO2. The van der Waals surface area contributed by atoms with Crippen LogP contribution in [0.5, 0.6) is 0 Å². The lowest BCUT2D eigenvalue weighted by Crippen LogP contribution is -2.46. The zero-order chi connectivity index (χ0) is 9.68. The van der Waals surface area contributed by atoms with Crippen molar-refractivity contribution in [2.75, 3.05) is 0 Å². The second kappa shape index (κ2) is 5.22. The number of nitrogens with one attached hydrogen (secondary N) is 1. The minimum Gasteiger partial charge on any atom is -0.480 e. The van der Waals surface area contributed by atoms with Gasteiger partial charge in [-0.15, -0.1) is 0 Å². The van der Waals surface area contributed by atoms with Crippen LogP contribution in [-0.2, 0) is 4.79 Å². The van der Waals surface area contributed by atoms with Gasteiger partial charge in [0, 0.05) is 6.04 Å². The Kier molecular flexibility index (Phi) is 4.22. The molecule has 0 heterocycles. The van der Waals surface area contributed by atoms with Gasteiger partial charge in [0.1, 0.15) is 6.04 Å². The normalized spacial score (nSPS) is 19.5. The zero-order valence-electron chi connectivity index (χ0n) is 8.25. The van der Waals surface area contributed by atoms with Crippen LogP contribution in [0.2, 0.25) is 0 Å². The average Bonchev–Trinajstić information content (AvgIpc) is 2.01. The Hall–Kier alpha value is -0.570. The van der Waals surface area contributed by atoms with Crippen LogP contribution in [0.1, 0.15) is 45.4 Å². The molecule has 0 aromatic rings. The molecule has 1 aliphatic rings. The largest absolute Gasteiger partial charge is 0.480 e. The van der Waals surface area contributed by atoms with Crippen LogP contribution in [0.15, 0.2) is 0 Å². The van der Waals surface area contributed by atoms with Gasteiger partial charge < -0.3 is 10.4 Å². The van der Waals surface area contributed by atoms with E-state index in [1.54, 1.807) is 0 Å². The Morgan fingerprint density at radius 1 is 1.62 bits per heavy atom. The van der Waals surface area contributed by atoms with Crippen molar-refractivity contribution in [3.05, 3.63) is 0 Å². The van der Waals surface area contributed by atoms with E-state index in [0.717, 1.165) is 32.1 Å². The quantitative estimate of drug-likeness (QED) is 0.663. The lowest BCUT2D eigenvalue weighted by Gasteiger charge is -2.29. The van der Waals surface area contributed by atoms with Crippen molar-refractivity contribution in [1.29, 1.82) is 0 Å². The van der Waals surface area contributed by atoms with Gasteiger partial charge in [-0.3, -0.25) is 4.79 Å². The third kappa shape index (κ3) is 3.35. The standard InChI is InChI=1S/C10H19NO2/c1-2-3-7-9(10(12)13)11-8-5-4-6-8/h8-9,11H,2-7H2,1H3,(H,12,13). The smallest absolute Gasteiger partial charge is 0.320 e. The number of aliphatic carboxylic acids is 1. The molecule has 1 rings (SSSR count). The minimum absolute atomic E-state index is 0.315. The number of carboxylic acid groups (broad SMARTS) is 1. The highest BCUT2D eigenvalue weighted by atomic mass is 16.4. The van der Waals surface area contributed by atoms with Gasteiger partial charge >= 0.3 is 5.97 Å². The maximum absolute atomic E-state index is 10.8. The van der Waals surface area contributed by atoms with Gasteiger partial charge in [0.05, 0.1) is 0 Å². The number of hydrogen-bond donors (Lipinski definition) is 2. The minimum atomic E-state index is -0.694. The summed E-state index contributed by atoms with van der Waals surface area (Å²) in [5.74, 6) is -0.694. The molecule has 0 amide bonds. The predicted molar refractivity (Wildman–Crippen MR) is 51.7 cm³/mol. The summed E-state index contributed by atoms with van der Waals surface area (Å²) in [4.78, 5) is 10.8. The molecule has 1 aliphatic carbocycles. The second-order valence-electron chi connectivity index (χ2n) is 3.83. The Balaban J connectivity index is 2.23. The topological polar surface area (TPSA) is 49.3 Å². The molecule has 0 aliphatic heterocycles. The van der Waals surface area contributed by atoms with Gasteiger partial charge in [-0.25, -0.2) is 0 Å². The number of unbranched alkanes of at least 4 members (excludes halogenated alkanes) is 1. The Labute approximate surface area is 79.5 Å². The molecule has 1 fully saturated rings. The molecular weight excluding hydrogens is 166 g/mol. The summed E-state index contributed by atoms with van der Waals surface area (Å²) in [5, 5.41) is 12.1. The van der Waals surface area contributed by atoms with Crippen LogP contribution in [0.4, 0.5) is 0 Å². The highest BCUT2D eigenvalue weighted by Crippen LogP contribution is 2.19. The van der Waals surface area contributed by atoms with E-state index in [-0.39, 0.29) is 6.04 Å². The third-order valence-electron chi connectivity index (χ3n) is 2.69. The van der Waals surface area contributed by atoms with E-state index in [0.29, 0.717) is 6.04 Å². The maximum atomic E-state index is 10.8. The molecule has 1 saturated carbocycles. The van der Waals surface area contributed by atoms with Gasteiger partial charge in [-0.2, -0.15) is 0 Å². The van der Waals surface area contributed by atoms with Crippen LogP contribution in [0.25, 0.3) is 0 Å². The number of hydrogen-bond acceptors (Lipinski definition) is 2. The van der Waals surface area contributed by atoms with Crippen molar-refractivity contribution < 1.29 is 9.90 Å². The summed E-state index contributed by atoms with van der Waals surface area (Å²) in [5.41, 5.74) is 0. The summed E-state index contributed by atoms with van der Waals surface area (Å²) in [6.45, 7) is 2.09. The van der Waals surface area contributed by atoms with Gasteiger partial charge in [-0.05, 0) is 19.3 Å². The molecule has 0 bridgehead atoms. The van der Waals surface area contributed by atoms with E-state index < -0.39 is 5.97 Å². The molecule has 76 valence electrons. The predicted octanol–water partition coefficient (Wildman–Crippen LogP) is 1.77. The molecule has 0 spiro atoms.